The maximum atomic E-state index is 11.0. The van der Waals surface area contributed by atoms with Gasteiger partial charge in [0.2, 0.25) is 5.91 Å². The number of likely N-dealkylation sites (tertiary alicyclic amines) is 1. The van der Waals surface area contributed by atoms with Gasteiger partial charge in [-0.15, -0.1) is 0 Å². The van der Waals surface area contributed by atoms with Crippen molar-refractivity contribution in [3.63, 3.8) is 0 Å². The molecule has 128 valence electrons. The van der Waals surface area contributed by atoms with Crippen LogP contribution in [-0.2, 0) is 11.3 Å². The van der Waals surface area contributed by atoms with Crippen molar-refractivity contribution in [2.75, 3.05) is 25.0 Å². The number of piperidine rings is 1. The van der Waals surface area contributed by atoms with E-state index in [1.54, 1.807) is 0 Å². The highest BCUT2D eigenvalue weighted by Crippen LogP contribution is 2.35. The van der Waals surface area contributed by atoms with Gasteiger partial charge in [-0.3, -0.25) is 9.69 Å². The van der Waals surface area contributed by atoms with Crippen LogP contribution < -0.4 is 5.32 Å². The molecule has 0 radical (unpaired) electrons. The fourth-order valence-electron chi connectivity index (χ4n) is 3.51. The number of hydrogen-bond acceptors (Lipinski definition) is 4. The average molecular weight is 320 g/mol. The molecule has 1 amide bonds. The van der Waals surface area contributed by atoms with Crippen LogP contribution in [0.2, 0.25) is 0 Å². The Balaban J connectivity index is 2.01. The van der Waals surface area contributed by atoms with E-state index >= 15 is 0 Å². The van der Waals surface area contributed by atoms with Crippen LogP contribution in [-0.4, -0.2) is 46.8 Å². The molecule has 5 nitrogen and oxygen atoms in total. The molecule has 1 aliphatic heterocycles. The van der Waals surface area contributed by atoms with Gasteiger partial charge < -0.3 is 15.5 Å². The first kappa shape index (κ1) is 17.9. The van der Waals surface area contributed by atoms with E-state index < -0.39 is 11.5 Å². The largest absolute Gasteiger partial charge is 0.396 e. The van der Waals surface area contributed by atoms with Gasteiger partial charge in [-0.2, -0.15) is 0 Å². The SMILES string of the molecule is CCC[C@]1(CO)CN(Cc2ccc(NC(C)=O)cc2)CC[C@@H]1O. The number of hydrogen-bond donors (Lipinski definition) is 3. The number of nitrogens with zero attached hydrogens (tertiary/aromatic N) is 1. The summed E-state index contributed by atoms with van der Waals surface area (Å²) in [6.45, 7) is 5.95. The summed E-state index contributed by atoms with van der Waals surface area (Å²) in [7, 11) is 0. The molecule has 2 atom stereocenters. The maximum absolute atomic E-state index is 11.0. The van der Waals surface area contributed by atoms with E-state index in [1.165, 1.54) is 12.5 Å². The van der Waals surface area contributed by atoms with E-state index in [1.807, 2.05) is 24.3 Å². The molecule has 1 heterocycles. The van der Waals surface area contributed by atoms with Crippen LogP contribution in [0.15, 0.2) is 24.3 Å². The second kappa shape index (κ2) is 7.90. The minimum absolute atomic E-state index is 0.0278. The Morgan fingerprint density at radius 1 is 1.39 bits per heavy atom. The zero-order valence-corrected chi connectivity index (χ0v) is 14.1. The lowest BCUT2D eigenvalue weighted by atomic mass is 9.74. The molecule has 1 fully saturated rings. The molecule has 1 aliphatic rings. The molecule has 2 rings (SSSR count). The number of amides is 1. The lowest BCUT2D eigenvalue weighted by molar-refractivity contribution is -0.114. The summed E-state index contributed by atoms with van der Waals surface area (Å²) < 4.78 is 0. The lowest BCUT2D eigenvalue weighted by Crippen LogP contribution is -2.53. The standard InChI is InChI=1S/C18H28N2O3/c1-3-9-18(13-21)12-20(10-8-17(18)23)11-15-4-6-16(7-5-15)19-14(2)22/h4-7,17,21,23H,3,8-13H2,1-2H3,(H,19,22)/t17-,18+/m0/s1. The molecule has 23 heavy (non-hydrogen) atoms. The van der Waals surface area contributed by atoms with Crippen LogP contribution in [0.3, 0.4) is 0 Å². The summed E-state index contributed by atoms with van der Waals surface area (Å²) in [5.41, 5.74) is 1.56. The fourth-order valence-corrected chi connectivity index (χ4v) is 3.51. The van der Waals surface area contributed by atoms with E-state index in [-0.39, 0.29) is 12.5 Å². The fraction of sp³-hybridized carbons (Fsp3) is 0.611. The second-order valence-corrected chi connectivity index (χ2v) is 6.66. The van der Waals surface area contributed by atoms with Crippen molar-refractivity contribution in [3.8, 4) is 0 Å². The smallest absolute Gasteiger partial charge is 0.221 e. The normalized spacial score (nSPS) is 25.3. The predicted molar refractivity (Wildman–Crippen MR) is 91.1 cm³/mol. The lowest BCUT2D eigenvalue weighted by Gasteiger charge is -2.45. The van der Waals surface area contributed by atoms with Gasteiger partial charge >= 0.3 is 0 Å². The van der Waals surface area contributed by atoms with Crippen LogP contribution in [0.4, 0.5) is 5.69 Å². The van der Waals surface area contributed by atoms with E-state index in [0.717, 1.165) is 31.6 Å². The van der Waals surface area contributed by atoms with Crippen molar-refractivity contribution in [2.24, 2.45) is 5.41 Å². The Hall–Kier alpha value is -1.43. The van der Waals surface area contributed by atoms with Crippen molar-refractivity contribution in [2.45, 2.75) is 45.8 Å². The highest BCUT2D eigenvalue weighted by atomic mass is 16.3. The Morgan fingerprint density at radius 2 is 2.09 bits per heavy atom. The van der Waals surface area contributed by atoms with Crippen LogP contribution in [0.5, 0.6) is 0 Å². The highest BCUT2D eigenvalue weighted by Gasteiger charge is 2.41. The van der Waals surface area contributed by atoms with E-state index in [9.17, 15) is 15.0 Å². The van der Waals surface area contributed by atoms with Crippen molar-refractivity contribution in [1.82, 2.24) is 4.90 Å². The molecule has 0 saturated carbocycles. The van der Waals surface area contributed by atoms with Crippen LogP contribution in [0.25, 0.3) is 0 Å². The molecule has 3 N–H and O–H groups in total. The Bertz CT molecular complexity index is 518. The minimum Gasteiger partial charge on any atom is -0.396 e. The van der Waals surface area contributed by atoms with Gasteiger partial charge in [-0.05, 0) is 30.5 Å². The molecule has 1 aromatic rings. The van der Waals surface area contributed by atoms with Gasteiger partial charge in [0, 0.05) is 37.7 Å². The number of carbonyl (C=O) groups is 1. The molecule has 1 aromatic carbocycles. The van der Waals surface area contributed by atoms with Crippen molar-refractivity contribution in [1.29, 1.82) is 0 Å². The molecular formula is C18H28N2O3. The summed E-state index contributed by atoms with van der Waals surface area (Å²) in [4.78, 5) is 13.3. The topological polar surface area (TPSA) is 72.8 Å². The summed E-state index contributed by atoms with van der Waals surface area (Å²) in [6, 6.07) is 7.83. The second-order valence-electron chi connectivity index (χ2n) is 6.66. The molecule has 0 aromatic heterocycles. The zero-order valence-electron chi connectivity index (χ0n) is 14.1. The first-order valence-electron chi connectivity index (χ1n) is 8.37. The average Bonchev–Trinajstić information content (AvgIpc) is 2.52. The Kier molecular flexibility index (Phi) is 6.16. The number of carbonyl (C=O) groups excluding carboxylic acids is 1. The first-order valence-corrected chi connectivity index (χ1v) is 8.37. The molecule has 1 saturated heterocycles. The number of nitrogens with one attached hydrogen (secondary N) is 1. The summed E-state index contributed by atoms with van der Waals surface area (Å²) in [5, 5.41) is 22.9. The van der Waals surface area contributed by atoms with E-state index in [0.29, 0.717) is 13.0 Å². The molecule has 0 unspecified atom stereocenters. The van der Waals surface area contributed by atoms with Crippen LogP contribution >= 0.6 is 0 Å². The molecular weight excluding hydrogens is 292 g/mol. The number of aliphatic hydroxyl groups is 2. The number of rotatable bonds is 6. The predicted octanol–water partition coefficient (Wildman–Crippen LogP) is 1.99. The zero-order chi connectivity index (χ0) is 16.9. The Labute approximate surface area is 138 Å². The van der Waals surface area contributed by atoms with Gasteiger partial charge in [0.1, 0.15) is 0 Å². The summed E-state index contributed by atoms with van der Waals surface area (Å²) in [5.74, 6) is -0.0740. The van der Waals surface area contributed by atoms with Gasteiger partial charge in [-0.1, -0.05) is 25.5 Å². The number of anilines is 1. The van der Waals surface area contributed by atoms with E-state index in [2.05, 4.69) is 17.1 Å². The van der Waals surface area contributed by atoms with Gasteiger partial charge in [0.05, 0.1) is 12.7 Å². The van der Waals surface area contributed by atoms with Gasteiger partial charge in [-0.25, -0.2) is 0 Å². The molecule has 0 bridgehead atoms. The summed E-state index contributed by atoms with van der Waals surface area (Å²) in [6.07, 6.45) is 2.06. The van der Waals surface area contributed by atoms with Crippen LogP contribution in [0, 0.1) is 5.41 Å². The van der Waals surface area contributed by atoms with Gasteiger partial charge in [0.25, 0.3) is 0 Å². The molecule has 5 heteroatoms. The van der Waals surface area contributed by atoms with Crippen LogP contribution in [0.1, 0.15) is 38.7 Å². The first-order chi connectivity index (χ1) is 11.0. The number of aliphatic hydroxyl groups excluding tert-OH is 2. The third-order valence-electron chi connectivity index (χ3n) is 4.71. The highest BCUT2D eigenvalue weighted by molar-refractivity contribution is 5.88. The van der Waals surface area contributed by atoms with Gasteiger partial charge in [0.15, 0.2) is 0 Å². The van der Waals surface area contributed by atoms with Crippen molar-refractivity contribution >= 4 is 11.6 Å². The minimum atomic E-state index is -0.425. The van der Waals surface area contributed by atoms with Crippen molar-refractivity contribution < 1.29 is 15.0 Å². The maximum Gasteiger partial charge on any atom is 0.221 e. The quantitative estimate of drug-likeness (QED) is 0.749. The van der Waals surface area contributed by atoms with E-state index in [4.69, 9.17) is 0 Å². The molecule has 0 spiro atoms. The third-order valence-corrected chi connectivity index (χ3v) is 4.71. The Morgan fingerprint density at radius 3 is 2.65 bits per heavy atom. The van der Waals surface area contributed by atoms with Crippen molar-refractivity contribution in [3.05, 3.63) is 29.8 Å². The monoisotopic (exact) mass is 320 g/mol. The third kappa shape index (κ3) is 4.53. The molecule has 0 aliphatic carbocycles. The summed E-state index contributed by atoms with van der Waals surface area (Å²) >= 11 is 0. The number of benzene rings is 1.